The van der Waals surface area contributed by atoms with Crippen LogP contribution in [0.25, 0.3) is 33.4 Å². The molecule has 134 valence electrons. The number of rotatable bonds is 4. The second-order valence-electron chi connectivity index (χ2n) is 5.99. The van der Waals surface area contributed by atoms with Gasteiger partial charge in [0.15, 0.2) is 0 Å². The number of hydrogen-bond donors (Lipinski definition) is 3. The van der Waals surface area contributed by atoms with E-state index in [1.807, 2.05) is 30.3 Å². The lowest BCUT2D eigenvalue weighted by Crippen LogP contribution is -1.97. The second-order valence-corrected chi connectivity index (χ2v) is 6.21. The quantitative estimate of drug-likeness (QED) is 0.389. The number of aromatic carboxylic acids is 1. The smallest absolute Gasteiger partial charge is 0.340 e. The van der Waals surface area contributed by atoms with Crippen LogP contribution in [0, 0.1) is 5.82 Å². The molecule has 1 aromatic heterocycles. The van der Waals surface area contributed by atoms with Gasteiger partial charge < -0.3 is 14.2 Å². The molecule has 4 rings (SSSR count). The molecule has 1 heterocycles. The van der Waals surface area contributed by atoms with Crippen molar-refractivity contribution in [1.82, 2.24) is 0 Å². The van der Waals surface area contributed by atoms with Gasteiger partial charge in [-0.2, -0.15) is 0 Å². The number of fused-ring (bicyclic) bond motifs is 1. The molecule has 0 unspecified atom stereocenters. The van der Waals surface area contributed by atoms with E-state index in [1.165, 1.54) is 24.3 Å². The zero-order chi connectivity index (χ0) is 19.0. The summed E-state index contributed by atoms with van der Waals surface area (Å²) in [7, 11) is 0. The van der Waals surface area contributed by atoms with E-state index in [2.05, 4.69) is 17.5 Å². The Kier molecular flexibility index (Phi) is 4.33. The molecule has 0 bridgehead atoms. The Morgan fingerprint density at radius 3 is 2.33 bits per heavy atom. The Morgan fingerprint density at radius 2 is 1.70 bits per heavy atom. The van der Waals surface area contributed by atoms with Crippen molar-refractivity contribution in [2.24, 2.45) is 0 Å². The molecule has 4 aromatic rings. The van der Waals surface area contributed by atoms with Crippen LogP contribution in [0.3, 0.4) is 0 Å². The SMILES string of the molecule is O=C(O)c1c(-c2ccc(F)cc2)oc2cc(NS)c(-c3ccccc3)cc12. The molecule has 0 atom stereocenters. The standard InChI is InChI=1S/C21H14FNO3S/c22-14-8-6-13(7-9-14)20-19(21(24)25)16-10-15(12-4-2-1-3-5-12)17(23-27)11-18(16)26-20/h1-11,23,27H,(H,24,25). The average molecular weight is 379 g/mol. The van der Waals surface area contributed by atoms with E-state index >= 15 is 0 Å². The van der Waals surface area contributed by atoms with Crippen LogP contribution in [0.1, 0.15) is 10.4 Å². The number of benzene rings is 3. The Labute approximate surface area is 159 Å². The molecule has 0 saturated carbocycles. The number of nitrogens with one attached hydrogen (secondary N) is 1. The van der Waals surface area contributed by atoms with E-state index < -0.39 is 11.8 Å². The molecule has 27 heavy (non-hydrogen) atoms. The van der Waals surface area contributed by atoms with Crippen molar-refractivity contribution in [2.75, 3.05) is 4.72 Å². The van der Waals surface area contributed by atoms with Crippen molar-refractivity contribution < 1.29 is 18.7 Å². The van der Waals surface area contributed by atoms with Gasteiger partial charge in [0.1, 0.15) is 22.7 Å². The monoisotopic (exact) mass is 379 g/mol. The van der Waals surface area contributed by atoms with Crippen LogP contribution in [0.4, 0.5) is 10.1 Å². The molecule has 0 amide bonds. The number of thiol groups is 1. The summed E-state index contributed by atoms with van der Waals surface area (Å²) < 4.78 is 21.9. The molecule has 0 aliphatic carbocycles. The van der Waals surface area contributed by atoms with Crippen molar-refractivity contribution in [3.8, 4) is 22.5 Å². The fraction of sp³-hybridized carbons (Fsp3) is 0. The molecular formula is C21H14FNO3S. The molecule has 0 aliphatic heterocycles. The van der Waals surface area contributed by atoms with Gasteiger partial charge in [-0.15, -0.1) is 0 Å². The highest BCUT2D eigenvalue weighted by Crippen LogP contribution is 2.39. The molecule has 6 heteroatoms. The number of anilines is 1. The summed E-state index contributed by atoms with van der Waals surface area (Å²) in [5, 5.41) is 10.3. The molecular weight excluding hydrogens is 365 g/mol. The summed E-state index contributed by atoms with van der Waals surface area (Å²) in [5.41, 5.74) is 3.34. The zero-order valence-corrected chi connectivity index (χ0v) is 14.8. The molecule has 0 aliphatic rings. The highest BCUT2D eigenvalue weighted by Gasteiger charge is 2.23. The predicted octanol–water partition coefficient (Wildman–Crippen LogP) is 5.86. The van der Waals surface area contributed by atoms with Crippen LogP contribution < -0.4 is 4.72 Å². The molecule has 0 radical (unpaired) electrons. The number of hydrogen-bond acceptors (Lipinski definition) is 4. The highest BCUT2D eigenvalue weighted by molar-refractivity contribution is 7.81. The number of carboxylic acid groups (broad SMARTS) is 1. The molecule has 4 nitrogen and oxygen atoms in total. The van der Waals surface area contributed by atoms with Gasteiger partial charge in [0.05, 0.1) is 5.69 Å². The summed E-state index contributed by atoms with van der Waals surface area (Å²) in [6.07, 6.45) is 0. The van der Waals surface area contributed by atoms with Gasteiger partial charge in [-0.3, -0.25) is 0 Å². The first-order valence-corrected chi connectivity index (χ1v) is 8.58. The van der Waals surface area contributed by atoms with Crippen molar-refractivity contribution in [3.05, 3.63) is 78.1 Å². The lowest BCUT2D eigenvalue weighted by atomic mass is 9.99. The summed E-state index contributed by atoms with van der Waals surface area (Å²) >= 11 is 4.16. The number of furan rings is 1. The van der Waals surface area contributed by atoms with Gasteiger partial charge >= 0.3 is 5.97 Å². The minimum atomic E-state index is -1.11. The molecule has 0 saturated heterocycles. The first-order chi connectivity index (χ1) is 13.1. The van der Waals surface area contributed by atoms with Crippen LogP contribution >= 0.6 is 12.8 Å². The maximum atomic E-state index is 13.2. The predicted molar refractivity (Wildman–Crippen MR) is 107 cm³/mol. The van der Waals surface area contributed by atoms with E-state index in [-0.39, 0.29) is 11.3 Å². The number of carboxylic acids is 1. The van der Waals surface area contributed by atoms with Crippen LogP contribution in [0.15, 0.2) is 71.1 Å². The van der Waals surface area contributed by atoms with Gasteiger partial charge in [0, 0.05) is 22.6 Å². The summed E-state index contributed by atoms with van der Waals surface area (Å²) in [4.78, 5) is 12.0. The third-order valence-electron chi connectivity index (χ3n) is 4.35. The maximum Gasteiger partial charge on any atom is 0.340 e. The summed E-state index contributed by atoms with van der Waals surface area (Å²) in [6, 6.07) is 18.6. The Bertz CT molecular complexity index is 1140. The Balaban J connectivity index is 2.01. The van der Waals surface area contributed by atoms with Crippen LogP contribution in [0.5, 0.6) is 0 Å². The molecule has 3 aromatic carbocycles. The third-order valence-corrected chi connectivity index (χ3v) is 4.59. The van der Waals surface area contributed by atoms with Crippen LogP contribution in [-0.4, -0.2) is 11.1 Å². The molecule has 0 fully saturated rings. The van der Waals surface area contributed by atoms with Gasteiger partial charge in [-0.25, -0.2) is 9.18 Å². The van der Waals surface area contributed by atoms with Crippen molar-refractivity contribution in [3.63, 3.8) is 0 Å². The molecule has 2 N–H and O–H groups in total. The number of carbonyl (C=O) groups is 1. The summed E-state index contributed by atoms with van der Waals surface area (Å²) in [6.45, 7) is 0. The second kappa shape index (κ2) is 6.81. The number of halogens is 1. The maximum absolute atomic E-state index is 13.2. The fourth-order valence-corrected chi connectivity index (χ4v) is 3.29. The lowest BCUT2D eigenvalue weighted by molar-refractivity contribution is 0.0699. The van der Waals surface area contributed by atoms with Crippen LogP contribution in [-0.2, 0) is 0 Å². The van der Waals surface area contributed by atoms with Gasteiger partial charge in [0.25, 0.3) is 0 Å². The van der Waals surface area contributed by atoms with Crippen molar-refractivity contribution >= 4 is 35.4 Å². The van der Waals surface area contributed by atoms with Crippen molar-refractivity contribution in [2.45, 2.75) is 0 Å². The first kappa shape index (κ1) is 17.2. The zero-order valence-electron chi connectivity index (χ0n) is 13.9. The van der Waals surface area contributed by atoms with E-state index in [1.54, 1.807) is 12.1 Å². The Morgan fingerprint density at radius 1 is 1.00 bits per heavy atom. The van der Waals surface area contributed by atoms with E-state index in [4.69, 9.17) is 4.42 Å². The normalized spacial score (nSPS) is 10.9. The highest BCUT2D eigenvalue weighted by atomic mass is 32.1. The topological polar surface area (TPSA) is 62.5 Å². The minimum Gasteiger partial charge on any atom is -0.478 e. The Hall–Kier alpha value is -3.25. The fourth-order valence-electron chi connectivity index (χ4n) is 3.11. The summed E-state index contributed by atoms with van der Waals surface area (Å²) in [5.74, 6) is -1.33. The first-order valence-electron chi connectivity index (χ1n) is 8.14. The van der Waals surface area contributed by atoms with E-state index in [0.717, 1.165) is 11.1 Å². The van der Waals surface area contributed by atoms with Crippen molar-refractivity contribution in [1.29, 1.82) is 0 Å². The van der Waals surface area contributed by atoms with Gasteiger partial charge in [-0.05, 0) is 35.9 Å². The third kappa shape index (κ3) is 3.04. The average Bonchev–Trinajstić information content (AvgIpc) is 3.06. The van der Waals surface area contributed by atoms with E-state index in [9.17, 15) is 14.3 Å². The van der Waals surface area contributed by atoms with E-state index in [0.29, 0.717) is 22.2 Å². The van der Waals surface area contributed by atoms with Gasteiger partial charge in [-0.1, -0.05) is 43.1 Å². The largest absolute Gasteiger partial charge is 0.478 e. The van der Waals surface area contributed by atoms with Gasteiger partial charge in [0.2, 0.25) is 0 Å². The minimum absolute atomic E-state index is 0.0412. The lowest BCUT2D eigenvalue weighted by Gasteiger charge is -2.09. The van der Waals surface area contributed by atoms with Crippen LogP contribution in [0.2, 0.25) is 0 Å². The molecule has 0 spiro atoms.